The van der Waals surface area contributed by atoms with Crippen molar-refractivity contribution in [2.24, 2.45) is 11.3 Å². The molecule has 1 fully saturated rings. The summed E-state index contributed by atoms with van der Waals surface area (Å²) in [6.45, 7) is 6.49. The van der Waals surface area contributed by atoms with Gasteiger partial charge in [-0.1, -0.05) is 19.9 Å². The Bertz CT molecular complexity index is 535. The zero-order chi connectivity index (χ0) is 14.3. The van der Waals surface area contributed by atoms with E-state index in [0.717, 1.165) is 37.2 Å². The summed E-state index contributed by atoms with van der Waals surface area (Å²) < 4.78 is 13.5. The van der Waals surface area contributed by atoms with E-state index in [0.29, 0.717) is 6.54 Å². The van der Waals surface area contributed by atoms with Gasteiger partial charge in [0.2, 0.25) is 5.91 Å². The highest BCUT2D eigenvalue weighted by Gasteiger charge is 2.47. The number of rotatable bonds is 2. The zero-order valence-corrected chi connectivity index (χ0v) is 12.1. The van der Waals surface area contributed by atoms with Crippen LogP contribution >= 0.6 is 0 Å². The van der Waals surface area contributed by atoms with Gasteiger partial charge in [-0.3, -0.25) is 4.79 Å². The average molecular weight is 276 g/mol. The van der Waals surface area contributed by atoms with Crippen LogP contribution in [0.5, 0.6) is 0 Å². The fourth-order valence-corrected chi connectivity index (χ4v) is 3.47. The van der Waals surface area contributed by atoms with Crippen LogP contribution in [0.3, 0.4) is 0 Å². The van der Waals surface area contributed by atoms with Crippen LogP contribution in [0.2, 0.25) is 0 Å². The Kier molecular flexibility index (Phi) is 3.28. The van der Waals surface area contributed by atoms with Crippen molar-refractivity contribution < 1.29 is 9.18 Å². The summed E-state index contributed by atoms with van der Waals surface area (Å²) in [5.74, 6) is 0.163. The maximum atomic E-state index is 13.5. The monoisotopic (exact) mass is 276 g/mol. The predicted octanol–water partition coefficient (Wildman–Crippen LogP) is 2.35. The van der Waals surface area contributed by atoms with Crippen molar-refractivity contribution in [2.45, 2.75) is 26.7 Å². The molecule has 1 saturated heterocycles. The highest BCUT2D eigenvalue weighted by molar-refractivity contribution is 6.00. The van der Waals surface area contributed by atoms with Crippen LogP contribution in [-0.2, 0) is 11.2 Å². The lowest BCUT2D eigenvalue weighted by Crippen LogP contribution is -2.48. The van der Waals surface area contributed by atoms with Crippen molar-refractivity contribution in [2.75, 3.05) is 24.5 Å². The fourth-order valence-electron chi connectivity index (χ4n) is 3.47. The van der Waals surface area contributed by atoms with E-state index in [1.54, 1.807) is 11.0 Å². The molecule has 3 rings (SSSR count). The molecule has 0 aliphatic carbocycles. The minimum absolute atomic E-state index is 0.154. The molecule has 0 saturated carbocycles. The third-order valence-corrected chi connectivity index (χ3v) is 4.91. The van der Waals surface area contributed by atoms with Gasteiger partial charge in [-0.25, -0.2) is 4.39 Å². The number of carbonyl (C=O) groups is 1. The molecule has 2 heterocycles. The molecule has 3 nitrogen and oxygen atoms in total. The summed E-state index contributed by atoms with van der Waals surface area (Å²) >= 11 is 0. The summed E-state index contributed by atoms with van der Waals surface area (Å²) in [5.41, 5.74) is 1.50. The van der Waals surface area contributed by atoms with Crippen molar-refractivity contribution >= 4 is 11.6 Å². The third kappa shape index (κ3) is 1.94. The highest BCUT2D eigenvalue weighted by Crippen LogP contribution is 2.40. The molecule has 1 amide bonds. The molecule has 1 unspecified atom stereocenters. The maximum Gasteiger partial charge on any atom is 0.234 e. The Morgan fingerprint density at radius 1 is 1.45 bits per heavy atom. The zero-order valence-electron chi connectivity index (χ0n) is 12.1. The van der Waals surface area contributed by atoms with E-state index < -0.39 is 0 Å². The molecular weight excluding hydrogens is 255 g/mol. The van der Waals surface area contributed by atoms with Crippen LogP contribution in [0.1, 0.15) is 25.8 Å². The van der Waals surface area contributed by atoms with E-state index in [1.807, 2.05) is 0 Å². The number of anilines is 1. The Morgan fingerprint density at radius 2 is 2.25 bits per heavy atom. The molecule has 2 aliphatic heterocycles. The molecule has 4 heteroatoms. The molecule has 0 spiro atoms. The van der Waals surface area contributed by atoms with Crippen molar-refractivity contribution in [3.63, 3.8) is 0 Å². The molecule has 1 N–H and O–H groups in total. The Morgan fingerprint density at radius 3 is 2.90 bits per heavy atom. The van der Waals surface area contributed by atoms with Gasteiger partial charge in [0.1, 0.15) is 5.82 Å². The summed E-state index contributed by atoms with van der Waals surface area (Å²) in [6, 6.07) is 4.77. The SMILES string of the molecule is CC(C)C1(C(=O)N2CCc3ccc(F)cc32)CCNC1. The first-order chi connectivity index (χ1) is 9.54. The van der Waals surface area contributed by atoms with Gasteiger partial charge in [0.15, 0.2) is 0 Å². The molecular formula is C16H21FN2O. The van der Waals surface area contributed by atoms with E-state index in [9.17, 15) is 9.18 Å². The Balaban J connectivity index is 1.95. The van der Waals surface area contributed by atoms with E-state index >= 15 is 0 Å². The molecule has 0 aromatic heterocycles. The molecule has 1 aromatic rings. The Hall–Kier alpha value is -1.42. The summed E-state index contributed by atoms with van der Waals surface area (Å²) in [6.07, 6.45) is 1.69. The first kappa shape index (κ1) is 13.6. The fraction of sp³-hybridized carbons (Fsp3) is 0.562. The summed E-state index contributed by atoms with van der Waals surface area (Å²) in [5, 5.41) is 3.31. The van der Waals surface area contributed by atoms with E-state index in [4.69, 9.17) is 0 Å². The smallest absolute Gasteiger partial charge is 0.234 e. The molecule has 108 valence electrons. The number of fused-ring (bicyclic) bond motifs is 1. The average Bonchev–Trinajstić information content (AvgIpc) is 3.05. The standard InChI is InChI=1S/C16H21FN2O/c1-11(2)16(6-7-18-10-16)15(20)19-8-5-12-3-4-13(17)9-14(12)19/h3-4,9,11,18H,5-8,10H2,1-2H3. The number of nitrogens with zero attached hydrogens (tertiary/aromatic N) is 1. The molecule has 1 aromatic carbocycles. The lowest BCUT2D eigenvalue weighted by molar-refractivity contribution is -0.129. The van der Waals surface area contributed by atoms with Gasteiger partial charge in [0.25, 0.3) is 0 Å². The van der Waals surface area contributed by atoms with Crippen LogP contribution in [0.25, 0.3) is 0 Å². The summed E-state index contributed by atoms with van der Waals surface area (Å²) in [4.78, 5) is 14.8. The normalized spacial score (nSPS) is 25.3. The highest BCUT2D eigenvalue weighted by atomic mass is 19.1. The summed E-state index contributed by atoms with van der Waals surface area (Å²) in [7, 11) is 0. The van der Waals surface area contributed by atoms with Gasteiger partial charge >= 0.3 is 0 Å². The minimum atomic E-state index is -0.339. The number of hydrogen-bond donors (Lipinski definition) is 1. The second-order valence-electron chi connectivity index (χ2n) is 6.22. The number of hydrogen-bond acceptors (Lipinski definition) is 2. The van der Waals surface area contributed by atoms with Crippen molar-refractivity contribution in [1.29, 1.82) is 0 Å². The molecule has 20 heavy (non-hydrogen) atoms. The van der Waals surface area contributed by atoms with Gasteiger partial charge in [0.05, 0.1) is 5.41 Å². The van der Waals surface area contributed by atoms with Crippen LogP contribution in [0.15, 0.2) is 18.2 Å². The molecule has 0 bridgehead atoms. The number of halogens is 1. The van der Waals surface area contributed by atoms with Gasteiger partial charge in [-0.15, -0.1) is 0 Å². The maximum absolute atomic E-state index is 13.5. The van der Waals surface area contributed by atoms with Crippen LogP contribution < -0.4 is 10.2 Å². The largest absolute Gasteiger partial charge is 0.316 e. The number of nitrogens with one attached hydrogen (secondary N) is 1. The second kappa shape index (κ2) is 4.85. The topological polar surface area (TPSA) is 32.3 Å². The van der Waals surface area contributed by atoms with Crippen molar-refractivity contribution in [3.8, 4) is 0 Å². The second-order valence-corrected chi connectivity index (χ2v) is 6.22. The number of benzene rings is 1. The third-order valence-electron chi connectivity index (χ3n) is 4.91. The van der Waals surface area contributed by atoms with Crippen LogP contribution in [-0.4, -0.2) is 25.5 Å². The van der Waals surface area contributed by atoms with E-state index in [2.05, 4.69) is 19.2 Å². The first-order valence-corrected chi connectivity index (χ1v) is 7.36. The molecule has 1 atom stereocenters. The van der Waals surface area contributed by atoms with Crippen LogP contribution in [0.4, 0.5) is 10.1 Å². The van der Waals surface area contributed by atoms with E-state index in [1.165, 1.54) is 12.1 Å². The molecule has 2 aliphatic rings. The van der Waals surface area contributed by atoms with Gasteiger partial charge in [0, 0.05) is 18.8 Å². The molecule has 0 radical (unpaired) electrons. The number of amides is 1. The minimum Gasteiger partial charge on any atom is -0.316 e. The first-order valence-electron chi connectivity index (χ1n) is 7.36. The van der Waals surface area contributed by atoms with Crippen molar-refractivity contribution in [1.82, 2.24) is 5.32 Å². The predicted molar refractivity (Wildman–Crippen MR) is 77.2 cm³/mol. The van der Waals surface area contributed by atoms with Crippen LogP contribution in [0, 0.1) is 17.2 Å². The van der Waals surface area contributed by atoms with E-state index in [-0.39, 0.29) is 23.1 Å². The quantitative estimate of drug-likeness (QED) is 0.899. The van der Waals surface area contributed by atoms with Gasteiger partial charge < -0.3 is 10.2 Å². The van der Waals surface area contributed by atoms with Crippen molar-refractivity contribution in [3.05, 3.63) is 29.6 Å². The lowest BCUT2D eigenvalue weighted by Gasteiger charge is -2.35. The van der Waals surface area contributed by atoms with Gasteiger partial charge in [-0.2, -0.15) is 0 Å². The lowest BCUT2D eigenvalue weighted by atomic mass is 9.75. The number of carbonyl (C=O) groups excluding carboxylic acids is 1. The Labute approximate surface area is 119 Å². The van der Waals surface area contributed by atoms with Gasteiger partial charge in [-0.05, 0) is 43.0 Å².